The van der Waals surface area contributed by atoms with E-state index < -0.39 is 25.2 Å². The van der Waals surface area contributed by atoms with Crippen molar-refractivity contribution in [2.45, 2.75) is 78.4 Å². The average Bonchev–Trinajstić information content (AvgIpc) is 2.09. The summed E-state index contributed by atoms with van der Waals surface area (Å²) in [6.07, 6.45) is 2.71. The van der Waals surface area contributed by atoms with Crippen LogP contribution in [-0.2, 0) is 21.0 Å². The van der Waals surface area contributed by atoms with E-state index in [2.05, 4.69) is 27.7 Å². The van der Waals surface area contributed by atoms with Gasteiger partial charge in [0.1, 0.15) is 0 Å². The number of hydrogen-bond acceptors (Lipinski definition) is 4. The second-order valence-electron chi connectivity index (χ2n) is 9.00. The molecule has 21 heavy (non-hydrogen) atoms. The molecule has 0 bridgehead atoms. The second kappa shape index (κ2) is 5.40. The zero-order valence-electron chi connectivity index (χ0n) is 13.8. The zero-order valence-corrected chi connectivity index (χ0v) is 15.6. The van der Waals surface area contributed by atoms with Crippen LogP contribution in [0.2, 0.25) is 0 Å². The van der Waals surface area contributed by atoms with Gasteiger partial charge in [-0.25, -0.2) is 0 Å². The Bertz CT molecular complexity index is 385. The van der Waals surface area contributed by atoms with Crippen LogP contribution in [0.1, 0.15) is 67.2 Å². The smallest absolute Gasteiger partial charge is 0.820 e. The van der Waals surface area contributed by atoms with Gasteiger partial charge in [-0.3, -0.25) is 0 Å². The topological polar surface area (TPSA) is 75.6 Å². The number of hydrogen-bond donors (Lipinski definition) is 1. The molecule has 126 valence electrons. The van der Waals surface area contributed by atoms with Crippen molar-refractivity contribution in [2.75, 3.05) is 0 Å². The Morgan fingerprint density at radius 2 is 1.33 bits per heavy atom. The largest absolute Gasteiger partial charge is 2.00 e. The van der Waals surface area contributed by atoms with Crippen LogP contribution in [-0.4, -0.2) is 16.3 Å². The minimum Gasteiger partial charge on any atom is -0.820 e. The second-order valence-corrected chi connectivity index (χ2v) is 9.63. The molecule has 0 unspecified atom stereocenters. The van der Waals surface area contributed by atoms with Crippen LogP contribution in [0.5, 0.6) is 0 Å². The van der Waals surface area contributed by atoms with Gasteiger partial charge in [-0.05, 0) is 36.5 Å². The van der Waals surface area contributed by atoms with Crippen molar-refractivity contribution in [3.8, 4) is 0 Å². The molecule has 2 fully saturated rings. The third-order valence-corrected chi connectivity index (χ3v) is 6.12. The summed E-state index contributed by atoms with van der Waals surface area (Å²) >= 11 is 0. The first-order chi connectivity index (χ1) is 8.74. The van der Waals surface area contributed by atoms with Crippen molar-refractivity contribution in [3.63, 3.8) is 0 Å². The summed E-state index contributed by atoms with van der Waals surface area (Å²) in [5.41, 5.74) is -2.01. The summed E-state index contributed by atoms with van der Waals surface area (Å²) < 4.78 is 5.36. The van der Waals surface area contributed by atoms with Crippen LogP contribution in [0.25, 0.3) is 0 Å². The third kappa shape index (κ3) is 3.20. The maximum atomic E-state index is 11.2. The van der Waals surface area contributed by atoms with E-state index in [0.29, 0.717) is 25.7 Å². The fourth-order valence-electron chi connectivity index (χ4n) is 4.66. The van der Waals surface area contributed by atoms with E-state index in [4.69, 9.17) is 4.52 Å². The first-order valence-corrected chi connectivity index (χ1v) is 8.40. The van der Waals surface area contributed by atoms with Crippen LogP contribution in [0.4, 0.5) is 0 Å². The molecule has 0 aromatic heterocycles. The van der Waals surface area contributed by atoms with Crippen molar-refractivity contribution in [1.29, 1.82) is 0 Å². The predicted octanol–water partition coefficient (Wildman–Crippen LogP) is 2.08. The summed E-state index contributed by atoms with van der Waals surface area (Å²) in [6.45, 7) is 12.4. The average molecular weight is 361 g/mol. The first kappa shape index (κ1) is 19.8. The molecule has 2 aliphatic carbocycles. The van der Waals surface area contributed by atoms with Gasteiger partial charge in [0.15, 0.2) is 0 Å². The molecule has 0 spiro atoms. The molecule has 0 aromatic rings. The van der Waals surface area contributed by atoms with Gasteiger partial charge in [0.25, 0.3) is 0 Å². The van der Waals surface area contributed by atoms with Gasteiger partial charge in [0.2, 0.25) is 0 Å². The molecule has 0 radical (unpaired) electrons. The van der Waals surface area contributed by atoms with Crippen molar-refractivity contribution in [2.24, 2.45) is 16.2 Å². The maximum absolute atomic E-state index is 11.2. The molecule has 6 heteroatoms. The summed E-state index contributed by atoms with van der Waals surface area (Å²) in [6, 6.07) is 0. The molecule has 2 saturated carbocycles. The van der Waals surface area contributed by atoms with Crippen LogP contribution >= 0.6 is 8.60 Å². The summed E-state index contributed by atoms with van der Waals surface area (Å²) in [4.78, 5) is 22.3. The van der Waals surface area contributed by atoms with E-state index in [9.17, 15) is 14.9 Å². The molecule has 4 nitrogen and oxygen atoms in total. The van der Waals surface area contributed by atoms with Crippen molar-refractivity contribution in [3.05, 3.63) is 0 Å². The van der Waals surface area contributed by atoms with Crippen molar-refractivity contribution in [1.82, 2.24) is 0 Å². The predicted molar refractivity (Wildman–Crippen MR) is 75.5 cm³/mol. The van der Waals surface area contributed by atoms with Gasteiger partial charge in [-0.15, -0.1) is 0 Å². The van der Waals surface area contributed by atoms with Gasteiger partial charge in [0.05, 0.1) is 11.2 Å². The van der Waals surface area contributed by atoms with Gasteiger partial charge >= 0.3 is 16.5 Å². The molecule has 0 heterocycles. The van der Waals surface area contributed by atoms with E-state index in [0.717, 1.165) is 0 Å². The molecule has 0 atom stereocenters. The maximum Gasteiger partial charge on any atom is 2.00 e. The molecule has 2 aliphatic rings. The normalized spacial score (nSPS) is 28.3. The molecular formula is C15H27NiO4P. The van der Waals surface area contributed by atoms with Gasteiger partial charge in [-0.1, -0.05) is 41.5 Å². The Labute approximate surface area is 139 Å². The Morgan fingerprint density at radius 3 is 1.62 bits per heavy atom. The number of rotatable bonds is 4. The zero-order chi connectivity index (χ0) is 15.6. The van der Waals surface area contributed by atoms with E-state index in [-0.39, 0.29) is 27.3 Å². The Hall–Kier alpha value is 0.764. The molecule has 0 saturated heterocycles. The van der Waals surface area contributed by atoms with Crippen molar-refractivity contribution < 1.29 is 35.9 Å². The minimum absolute atomic E-state index is 0. The quantitative estimate of drug-likeness (QED) is 0.615. The van der Waals surface area contributed by atoms with Gasteiger partial charge in [0, 0.05) is 5.41 Å². The first-order valence-electron chi connectivity index (χ1n) is 7.30. The van der Waals surface area contributed by atoms with Gasteiger partial charge < -0.3 is 19.4 Å². The van der Waals surface area contributed by atoms with E-state index in [1.807, 2.05) is 13.8 Å². The Morgan fingerprint density at radius 1 is 0.952 bits per heavy atom. The molecule has 2 rings (SSSR count). The van der Waals surface area contributed by atoms with Crippen LogP contribution < -0.4 is 9.79 Å². The molecule has 0 amide bonds. The molecule has 0 aliphatic heterocycles. The molecule has 1 N–H and O–H groups in total. The monoisotopic (exact) mass is 360 g/mol. The van der Waals surface area contributed by atoms with Crippen molar-refractivity contribution >= 4 is 8.60 Å². The molecule has 0 aromatic carbocycles. The van der Waals surface area contributed by atoms with Crippen LogP contribution in [0.15, 0.2) is 0 Å². The van der Waals surface area contributed by atoms with Gasteiger partial charge in [-0.2, -0.15) is 8.60 Å². The van der Waals surface area contributed by atoms with Crippen LogP contribution in [0.3, 0.4) is 0 Å². The Kier molecular flexibility index (Phi) is 5.09. The molecular weight excluding hydrogens is 334 g/mol. The summed E-state index contributed by atoms with van der Waals surface area (Å²) in [5.74, 6) is 0. The SMILES string of the molecule is CC1(C)CC(O)(C(C)(C)C2(OP([O-])[O-])CC(C)(C)C2)C1.[Ni+2]. The Balaban J connectivity index is 0.00000220. The van der Waals surface area contributed by atoms with E-state index in [1.54, 1.807) is 0 Å². The number of aliphatic hydroxyl groups is 1. The summed E-state index contributed by atoms with van der Waals surface area (Å²) in [7, 11) is -2.91. The fourth-order valence-corrected chi connectivity index (χ4v) is 5.30. The minimum atomic E-state index is -2.91. The third-order valence-electron chi connectivity index (χ3n) is 5.62. The fraction of sp³-hybridized carbons (Fsp3) is 1.00. The van der Waals surface area contributed by atoms with Crippen LogP contribution in [0, 0.1) is 16.2 Å². The van der Waals surface area contributed by atoms with E-state index in [1.165, 1.54) is 0 Å². The summed E-state index contributed by atoms with van der Waals surface area (Å²) in [5, 5.41) is 11.0. The van der Waals surface area contributed by atoms with E-state index >= 15 is 0 Å². The standard InChI is InChI=1S/C15H27O4P.Ni/c1-11(2)7-14(16,8-11)13(5,6)15(19-20(17)18)9-12(3,4)10-15;/h16H,7-10H2,1-6H3;/q-2;+2.